The minimum atomic E-state index is 0.103. The summed E-state index contributed by atoms with van der Waals surface area (Å²) in [4.78, 5) is 14.7. The van der Waals surface area contributed by atoms with Gasteiger partial charge in [0, 0.05) is 19.1 Å². The number of rotatable bonds is 1. The third kappa shape index (κ3) is 3.50. The predicted molar refractivity (Wildman–Crippen MR) is 78.7 cm³/mol. The van der Waals surface area contributed by atoms with Crippen molar-refractivity contribution >= 4 is 5.91 Å². The third-order valence-corrected chi connectivity index (χ3v) is 5.15. The van der Waals surface area contributed by atoms with Crippen molar-refractivity contribution in [1.29, 1.82) is 0 Å². The maximum atomic E-state index is 12.6. The van der Waals surface area contributed by atoms with E-state index in [1.807, 2.05) is 0 Å². The van der Waals surface area contributed by atoms with Gasteiger partial charge in [0.15, 0.2) is 0 Å². The van der Waals surface area contributed by atoms with Crippen molar-refractivity contribution in [3.05, 3.63) is 0 Å². The van der Waals surface area contributed by atoms with Gasteiger partial charge >= 0.3 is 0 Å². The van der Waals surface area contributed by atoms with Crippen LogP contribution in [0.5, 0.6) is 0 Å². The van der Waals surface area contributed by atoms with Crippen molar-refractivity contribution in [2.24, 2.45) is 23.0 Å². The molecule has 2 N–H and O–H groups in total. The van der Waals surface area contributed by atoms with E-state index < -0.39 is 0 Å². The zero-order valence-corrected chi connectivity index (χ0v) is 12.8. The van der Waals surface area contributed by atoms with Crippen LogP contribution in [0.4, 0.5) is 0 Å². The van der Waals surface area contributed by atoms with Crippen LogP contribution in [0.2, 0.25) is 0 Å². The number of amides is 1. The Hall–Kier alpha value is -0.570. The zero-order valence-electron chi connectivity index (χ0n) is 12.8. The van der Waals surface area contributed by atoms with Crippen LogP contribution in [0.15, 0.2) is 0 Å². The molecule has 19 heavy (non-hydrogen) atoms. The third-order valence-electron chi connectivity index (χ3n) is 5.15. The summed E-state index contributed by atoms with van der Waals surface area (Å²) in [5, 5.41) is 0. The quantitative estimate of drug-likeness (QED) is 0.793. The van der Waals surface area contributed by atoms with Crippen LogP contribution in [0.3, 0.4) is 0 Å². The van der Waals surface area contributed by atoms with Gasteiger partial charge in [-0.15, -0.1) is 0 Å². The van der Waals surface area contributed by atoms with Crippen molar-refractivity contribution in [3.63, 3.8) is 0 Å². The first-order chi connectivity index (χ1) is 8.89. The summed E-state index contributed by atoms with van der Waals surface area (Å²) in [5.74, 6) is 1.17. The van der Waals surface area contributed by atoms with Crippen molar-refractivity contribution in [2.75, 3.05) is 13.1 Å². The molecule has 1 amide bonds. The second kappa shape index (κ2) is 5.82. The van der Waals surface area contributed by atoms with Gasteiger partial charge in [-0.05, 0) is 43.4 Å². The van der Waals surface area contributed by atoms with E-state index in [2.05, 4.69) is 25.7 Å². The SMILES string of the molecule is CC(C)(C)C1CCCN(C(=O)C2CCCC2N)CC1. The largest absolute Gasteiger partial charge is 0.342 e. The smallest absolute Gasteiger partial charge is 0.227 e. The van der Waals surface area contributed by atoms with Gasteiger partial charge in [-0.25, -0.2) is 0 Å². The molecule has 0 radical (unpaired) electrons. The summed E-state index contributed by atoms with van der Waals surface area (Å²) in [6, 6.07) is 0.106. The first kappa shape index (κ1) is 14.8. The lowest BCUT2D eigenvalue weighted by Gasteiger charge is -2.30. The highest BCUT2D eigenvalue weighted by Crippen LogP contribution is 2.35. The molecule has 110 valence electrons. The van der Waals surface area contributed by atoms with Crippen molar-refractivity contribution in [2.45, 2.75) is 65.3 Å². The lowest BCUT2D eigenvalue weighted by Crippen LogP contribution is -2.42. The van der Waals surface area contributed by atoms with Crippen LogP contribution in [-0.2, 0) is 4.79 Å². The number of carbonyl (C=O) groups excluding carboxylic acids is 1. The Bertz CT molecular complexity index is 321. The first-order valence-electron chi connectivity index (χ1n) is 7.94. The molecule has 0 aromatic carbocycles. The van der Waals surface area contributed by atoms with Crippen molar-refractivity contribution in [1.82, 2.24) is 4.90 Å². The number of hydrogen-bond acceptors (Lipinski definition) is 2. The van der Waals surface area contributed by atoms with Gasteiger partial charge in [-0.1, -0.05) is 27.2 Å². The van der Waals surface area contributed by atoms with Crippen LogP contribution in [0.25, 0.3) is 0 Å². The van der Waals surface area contributed by atoms with Gasteiger partial charge in [0.25, 0.3) is 0 Å². The number of hydrogen-bond donors (Lipinski definition) is 1. The number of likely N-dealkylation sites (tertiary alicyclic amines) is 1. The predicted octanol–water partition coefficient (Wildman–Crippen LogP) is 2.79. The van der Waals surface area contributed by atoms with Crippen LogP contribution < -0.4 is 5.73 Å². The second-order valence-electron chi connectivity index (χ2n) is 7.52. The lowest BCUT2D eigenvalue weighted by molar-refractivity contribution is -0.135. The van der Waals surface area contributed by atoms with Gasteiger partial charge < -0.3 is 10.6 Å². The summed E-state index contributed by atoms with van der Waals surface area (Å²) in [7, 11) is 0. The Balaban J connectivity index is 1.94. The fourth-order valence-electron chi connectivity index (χ4n) is 3.71. The molecule has 1 heterocycles. The van der Waals surface area contributed by atoms with E-state index in [4.69, 9.17) is 5.73 Å². The maximum absolute atomic E-state index is 12.6. The van der Waals surface area contributed by atoms with E-state index in [0.717, 1.165) is 51.1 Å². The first-order valence-corrected chi connectivity index (χ1v) is 7.94. The van der Waals surface area contributed by atoms with Gasteiger partial charge in [0.05, 0.1) is 5.92 Å². The van der Waals surface area contributed by atoms with E-state index in [-0.39, 0.29) is 12.0 Å². The standard InChI is InChI=1S/C16H30N2O/c1-16(2,3)12-6-5-10-18(11-9-12)15(19)13-7-4-8-14(13)17/h12-14H,4-11,17H2,1-3H3. The van der Waals surface area contributed by atoms with Gasteiger partial charge in [-0.3, -0.25) is 4.79 Å². The molecule has 3 unspecified atom stereocenters. The molecular formula is C16H30N2O. The second-order valence-corrected chi connectivity index (χ2v) is 7.52. The fourth-order valence-corrected chi connectivity index (χ4v) is 3.71. The number of carbonyl (C=O) groups is 1. The summed E-state index contributed by atoms with van der Waals surface area (Å²) in [5.41, 5.74) is 6.44. The average Bonchev–Trinajstić information content (AvgIpc) is 2.62. The Morgan fingerprint density at radius 1 is 1.05 bits per heavy atom. The maximum Gasteiger partial charge on any atom is 0.227 e. The summed E-state index contributed by atoms with van der Waals surface area (Å²) in [6.07, 6.45) is 6.70. The molecule has 1 aliphatic heterocycles. The van der Waals surface area contributed by atoms with Gasteiger partial charge in [-0.2, -0.15) is 0 Å². The lowest BCUT2D eigenvalue weighted by atomic mass is 9.77. The van der Waals surface area contributed by atoms with E-state index in [9.17, 15) is 4.79 Å². The van der Waals surface area contributed by atoms with Crippen LogP contribution in [-0.4, -0.2) is 29.9 Å². The van der Waals surface area contributed by atoms with E-state index in [1.54, 1.807) is 0 Å². The summed E-state index contributed by atoms with van der Waals surface area (Å²) < 4.78 is 0. The van der Waals surface area contributed by atoms with Crippen LogP contribution in [0.1, 0.15) is 59.3 Å². The average molecular weight is 266 g/mol. The zero-order chi connectivity index (χ0) is 14.0. The molecule has 3 heteroatoms. The molecule has 3 nitrogen and oxygen atoms in total. The molecule has 2 fully saturated rings. The minimum absolute atomic E-state index is 0.103. The molecule has 0 bridgehead atoms. The highest BCUT2D eigenvalue weighted by atomic mass is 16.2. The Labute approximate surface area is 117 Å². The summed E-state index contributed by atoms with van der Waals surface area (Å²) in [6.45, 7) is 8.84. The normalized spacial score (nSPS) is 33.3. The fraction of sp³-hybridized carbons (Fsp3) is 0.938. The minimum Gasteiger partial charge on any atom is -0.342 e. The van der Waals surface area contributed by atoms with Crippen LogP contribution >= 0.6 is 0 Å². The monoisotopic (exact) mass is 266 g/mol. The van der Waals surface area contributed by atoms with E-state index >= 15 is 0 Å². The van der Waals surface area contributed by atoms with Gasteiger partial charge in [0.1, 0.15) is 0 Å². The molecule has 2 aliphatic rings. The molecule has 2 rings (SSSR count). The molecule has 1 saturated carbocycles. The van der Waals surface area contributed by atoms with Crippen molar-refractivity contribution in [3.8, 4) is 0 Å². The topological polar surface area (TPSA) is 46.3 Å². The Morgan fingerprint density at radius 3 is 2.37 bits per heavy atom. The number of nitrogens with two attached hydrogens (primary N) is 1. The molecule has 0 aromatic rings. The number of nitrogens with zero attached hydrogens (tertiary/aromatic N) is 1. The van der Waals surface area contributed by atoms with Gasteiger partial charge in [0.2, 0.25) is 5.91 Å². The van der Waals surface area contributed by atoms with E-state index in [0.29, 0.717) is 11.3 Å². The highest BCUT2D eigenvalue weighted by Gasteiger charge is 2.35. The van der Waals surface area contributed by atoms with Crippen LogP contribution in [0, 0.1) is 17.3 Å². The van der Waals surface area contributed by atoms with Crippen molar-refractivity contribution < 1.29 is 4.79 Å². The molecule has 0 spiro atoms. The summed E-state index contributed by atoms with van der Waals surface area (Å²) >= 11 is 0. The molecule has 0 aromatic heterocycles. The molecular weight excluding hydrogens is 236 g/mol. The highest BCUT2D eigenvalue weighted by molar-refractivity contribution is 5.80. The molecule has 1 aliphatic carbocycles. The van der Waals surface area contributed by atoms with E-state index in [1.165, 1.54) is 6.42 Å². The Kier molecular flexibility index (Phi) is 4.54. The Morgan fingerprint density at radius 2 is 1.79 bits per heavy atom. The molecule has 1 saturated heterocycles. The molecule has 3 atom stereocenters.